The van der Waals surface area contributed by atoms with Gasteiger partial charge in [-0.3, -0.25) is 9.59 Å². The molecule has 1 N–H and O–H groups in total. The monoisotopic (exact) mass is 389 g/mol. The molecule has 3 aromatic rings. The molecule has 146 valence electrons. The molecule has 0 saturated heterocycles. The molecule has 0 aliphatic rings. The van der Waals surface area contributed by atoms with Crippen molar-refractivity contribution in [3.05, 3.63) is 95.6 Å². The number of hydrogen-bond acceptors (Lipinski definition) is 5. The molecule has 1 amide bonds. The molecule has 0 atom stereocenters. The van der Waals surface area contributed by atoms with Crippen molar-refractivity contribution < 1.29 is 23.9 Å². The minimum atomic E-state index is -0.590. The van der Waals surface area contributed by atoms with E-state index in [4.69, 9.17) is 9.47 Å². The normalized spacial score (nSPS) is 10.1. The highest BCUT2D eigenvalue weighted by Crippen LogP contribution is 2.14. The number of ketones is 1. The Labute approximate surface area is 168 Å². The zero-order chi connectivity index (χ0) is 20.6. The van der Waals surface area contributed by atoms with Crippen LogP contribution >= 0.6 is 0 Å². The Hall–Kier alpha value is -3.93. The Morgan fingerprint density at radius 1 is 0.759 bits per heavy atom. The lowest BCUT2D eigenvalue weighted by Crippen LogP contribution is -2.15. The molecule has 3 rings (SSSR count). The van der Waals surface area contributed by atoms with E-state index in [0.29, 0.717) is 28.1 Å². The Morgan fingerprint density at radius 3 is 2.00 bits per heavy atom. The van der Waals surface area contributed by atoms with E-state index in [2.05, 4.69) is 5.32 Å². The van der Waals surface area contributed by atoms with Gasteiger partial charge in [0, 0.05) is 16.8 Å². The predicted octanol–water partition coefficient (Wildman–Crippen LogP) is 3.99. The van der Waals surface area contributed by atoms with Gasteiger partial charge in [-0.05, 0) is 60.7 Å². The van der Waals surface area contributed by atoms with Gasteiger partial charge in [0.1, 0.15) is 5.75 Å². The summed E-state index contributed by atoms with van der Waals surface area (Å²) < 4.78 is 10.1. The summed E-state index contributed by atoms with van der Waals surface area (Å²) in [4.78, 5) is 36.4. The summed E-state index contributed by atoms with van der Waals surface area (Å²) in [7, 11) is 1.53. The topological polar surface area (TPSA) is 81.7 Å². The first kappa shape index (κ1) is 19.8. The van der Waals surface area contributed by atoms with E-state index < -0.39 is 5.97 Å². The average molecular weight is 389 g/mol. The fourth-order valence-electron chi connectivity index (χ4n) is 2.56. The van der Waals surface area contributed by atoms with Crippen molar-refractivity contribution in [3.63, 3.8) is 0 Å². The number of nitrogens with one attached hydrogen (secondary N) is 1. The van der Waals surface area contributed by atoms with Crippen LogP contribution in [0, 0.1) is 0 Å². The lowest BCUT2D eigenvalue weighted by molar-refractivity contribution is 0.0474. The summed E-state index contributed by atoms with van der Waals surface area (Å²) >= 11 is 0. The number of ether oxygens (including phenoxy) is 2. The third-order valence-corrected chi connectivity index (χ3v) is 4.16. The van der Waals surface area contributed by atoms with Crippen molar-refractivity contribution in [2.75, 3.05) is 19.0 Å². The molecule has 6 nitrogen and oxygen atoms in total. The third kappa shape index (κ3) is 5.29. The van der Waals surface area contributed by atoms with Gasteiger partial charge in [-0.1, -0.05) is 18.2 Å². The van der Waals surface area contributed by atoms with Gasteiger partial charge < -0.3 is 14.8 Å². The van der Waals surface area contributed by atoms with Gasteiger partial charge in [0.15, 0.2) is 12.4 Å². The minimum absolute atomic E-state index is 0.238. The van der Waals surface area contributed by atoms with Crippen molar-refractivity contribution in [2.45, 2.75) is 0 Å². The fourth-order valence-corrected chi connectivity index (χ4v) is 2.56. The minimum Gasteiger partial charge on any atom is -0.497 e. The largest absolute Gasteiger partial charge is 0.497 e. The first-order chi connectivity index (χ1) is 14.1. The van der Waals surface area contributed by atoms with Gasteiger partial charge in [-0.15, -0.1) is 0 Å². The number of amides is 1. The van der Waals surface area contributed by atoms with Crippen LogP contribution in [0.25, 0.3) is 0 Å². The second kappa shape index (κ2) is 9.32. The average Bonchev–Trinajstić information content (AvgIpc) is 2.78. The molecule has 0 heterocycles. The molecule has 0 spiro atoms. The lowest BCUT2D eigenvalue weighted by atomic mass is 10.1. The van der Waals surface area contributed by atoms with Gasteiger partial charge in [-0.2, -0.15) is 0 Å². The Balaban J connectivity index is 1.54. The maximum atomic E-state index is 12.3. The quantitative estimate of drug-likeness (QED) is 0.488. The van der Waals surface area contributed by atoms with Crippen LogP contribution < -0.4 is 10.1 Å². The van der Waals surface area contributed by atoms with Crippen molar-refractivity contribution in [2.24, 2.45) is 0 Å². The molecule has 0 bridgehead atoms. The molecular formula is C23H19NO5. The van der Waals surface area contributed by atoms with E-state index in [-0.39, 0.29) is 18.3 Å². The van der Waals surface area contributed by atoms with E-state index in [1.54, 1.807) is 72.8 Å². The number of hydrogen-bond donors (Lipinski definition) is 1. The van der Waals surface area contributed by atoms with E-state index in [0.717, 1.165) is 0 Å². The number of methoxy groups -OCH3 is 1. The molecular weight excluding hydrogens is 370 g/mol. The zero-order valence-electron chi connectivity index (χ0n) is 15.8. The highest BCUT2D eigenvalue weighted by atomic mass is 16.5. The van der Waals surface area contributed by atoms with Crippen LogP contribution in [-0.4, -0.2) is 31.4 Å². The predicted molar refractivity (Wildman–Crippen MR) is 108 cm³/mol. The second-order valence-corrected chi connectivity index (χ2v) is 6.13. The highest BCUT2D eigenvalue weighted by Gasteiger charge is 2.12. The number of rotatable bonds is 7. The van der Waals surface area contributed by atoms with Crippen molar-refractivity contribution in [1.82, 2.24) is 0 Å². The van der Waals surface area contributed by atoms with Crippen molar-refractivity contribution in [1.29, 1.82) is 0 Å². The van der Waals surface area contributed by atoms with Crippen LogP contribution in [0.15, 0.2) is 78.9 Å². The molecule has 0 radical (unpaired) electrons. The van der Waals surface area contributed by atoms with E-state index in [1.165, 1.54) is 7.11 Å². The molecule has 0 aliphatic heterocycles. The maximum absolute atomic E-state index is 12.3. The van der Waals surface area contributed by atoms with Gasteiger partial charge in [-0.25, -0.2) is 4.79 Å². The van der Waals surface area contributed by atoms with Crippen LogP contribution in [0.2, 0.25) is 0 Å². The van der Waals surface area contributed by atoms with Gasteiger partial charge >= 0.3 is 5.97 Å². The first-order valence-electron chi connectivity index (χ1n) is 8.87. The highest BCUT2D eigenvalue weighted by molar-refractivity contribution is 6.05. The third-order valence-electron chi connectivity index (χ3n) is 4.16. The molecule has 29 heavy (non-hydrogen) atoms. The van der Waals surface area contributed by atoms with Gasteiger partial charge in [0.05, 0.1) is 12.7 Å². The molecule has 3 aromatic carbocycles. The first-order valence-corrected chi connectivity index (χ1v) is 8.87. The number of Topliss-reactive ketones (excluding diaryl/α,β-unsaturated/α-hetero) is 1. The summed E-state index contributed by atoms with van der Waals surface area (Å²) in [6, 6.07) is 21.6. The summed E-state index contributed by atoms with van der Waals surface area (Å²) in [5.74, 6) is -0.546. The number of benzene rings is 3. The lowest BCUT2D eigenvalue weighted by Gasteiger charge is -2.07. The Kier molecular flexibility index (Phi) is 6.37. The summed E-state index contributed by atoms with van der Waals surface area (Å²) in [5, 5.41) is 2.76. The number of carbonyl (C=O) groups is 3. The second-order valence-electron chi connectivity index (χ2n) is 6.13. The van der Waals surface area contributed by atoms with Crippen LogP contribution in [0.5, 0.6) is 5.75 Å². The zero-order valence-corrected chi connectivity index (χ0v) is 15.8. The molecule has 6 heteroatoms. The maximum Gasteiger partial charge on any atom is 0.338 e. The standard InChI is InChI=1S/C23H19NO5/c1-28-20-13-9-18(10-14-20)23(27)29-15-21(25)16-7-11-19(12-8-16)24-22(26)17-5-3-2-4-6-17/h2-14H,15H2,1H3,(H,24,26). The fraction of sp³-hybridized carbons (Fsp3) is 0.0870. The van der Waals surface area contributed by atoms with Crippen LogP contribution in [0.1, 0.15) is 31.1 Å². The Morgan fingerprint density at radius 2 is 1.38 bits per heavy atom. The molecule has 0 fully saturated rings. The number of anilines is 1. The van der Waals surface area contributed by atoms with Gasteiger partial charge in [0.25, 0.3) is 5.91 Å². The number of esters is 1. The smallest absolute Gasteiger partial charge is 0.338 e. The molecule has 0 aromatic heterocycles. The molecule has 0 aliphatic carbocycles. The van der Waals surface area contributed by atoms with Crippen LogP contribution in [0.3, 0.4) is 0 Å². The van der Waals surface area contributed by atoms with Crippen LogP contribution in [-0.2, 0) is 4.74 Å². The van der Waals surface area contributed by atoms with E-state index >= 15 is 0 Å². The Bertz CT molecular complexity index is 996. The van der Waals surface area contributed by atoms with E-state index in [1.807, 2.05) is 6.07 Å². The summed E-state index contributed by atoms with van der Waals surface area (Å²) in [6.07, 6.45) is 0. The molecule has 0 saturated carbocycles. The summed E-state index contributed by atoms with van der Waals surface area (Å²) in [6.45, 7) is -0.374. The van der Waals surface area contributed by atoms with Crippen molar-refractivity contribution >= 4 is 23.3 Å². The van der Waals surface area contributed by atoms with Crippen molar-refractivity contribution in [3.8, 4) is 5.75 Å². The van der Waals surface area contributed by atoms with Crippen LogP contribution in [0.4, 0.5) is 5.69 Å². The number of carbonyl (C=O) groups excluding carboxylic acids is 3. The summed E-state index contributed by atoms with van der Waals surface area (Å²) in [5.41, 5.74) is 1.81. The van der Waals surface area contributed by atoms with Gasteiger partial charge in [0.2, 0.25) is 0 Å². The van der Waals surface area contributed by atoms with E-state index in [9.17, 15) is 14.4 Å². The SMILES string of the molecule is COc1ccc(C(=O)OCC(=O)c2ccc(NC(=O)c3ccccc3)cc2)cc1. The molecule has 0 unspecified atom stereocenters.